The molecule has 0 spiro atoms. The lowest BCUT2D eigenvalue weighted by Gasteiger charge is -2.18. The van der Waals surface area contributed by atoms with E-state index in [-0.39, 0.29) is 5.92 Å². The Bertz CT molecular complexity index is 675. The fourth-order valence-corrected chi connectivity index (χ4v) is 2.99. The van der Waals surface area contributed by atoms with Gasteiger partial charge in [-0.3, -0.25) is 0 Å². The van der Waals surface area contributed by atoms with Gasteiger partial charge in [0, 0.05) is 17.5 Å². The van der Waals surface area contributed by atoms with E-state index in [0.717, 1.165) is 34.8 Å². The van der Waals surface area contributed by atoms with Crippen LogP contribution in [0.5, 0.6) is 5.75 Å². The summed E-state index contributed by atoms with van der Waals surface area (Å²) in [5.41, 5.74) is 3.07. The number of hydrogen-bond acceptors (Lipinski definition) is 4. The van der Waals surface area contributed by atoms with Gasteiger partial charge < -0.3 is 9.47 Å². The van der Waals surface area contributed by atoms with Crippen LogP contribution in [0.2, 0.25) is 5.15 Å². The van der Waals surface area contributed by atoms with Gasteiger partial charge in [0.25, 0.3) is 0 Å². The van der Waals surface area contributed by atoms with Crippen molar-refractivity contribution in [1.82, 2.24) is 9.97 Å². The number of benzene rings is 1. The average molecular weight is 289 g/mol. The number of halogens is 1. The second-order valence-corrected chi connectivity index (χ2v) is 5.36. The third kappa shape index (κ3) is 1.87. The summed E-state index contributed by atoms with van der Waals surface area (Å²) in [4.78, 5) is 9.16. The van der Waals surface area contributed by atoms with Crippen LogP contribution >= 0.6 is 11.6 Å². The SMILES string of the molecule is Clc1nc(C2COc3ccccc32)nc2c1COCC2. The van der Waals surface area contributed by atoms with E-state index in [2.05, 4.69) is 11.1 Å². The standard InChI is InChI=1S/C15H13ClN2O2/c16-14-11-7-19-6-5-12(11)17-15(18-14)10-8-20-13-4-2-1-3-9(10)13/h1-4,10H,5-8H2. The lowest BCUT2D eigenvalue weighted by molar-refractivity contribution is 0.108. The first kappa shape index (κ1) is 12.1. The van der Waals surface area contributed by atoms with Crippen LogP contribution in [0.3, 0.4) is 0 Å². The molecule has 0 saturated heterocycles. The van der Waals surface area contributed by atoms with Gasteiger partial charge in [0.2, 0.25) is 0 Å². The molecule has 0 amide bonds. The number of aromatic nitrogens is 2. The molecule has 5 heteroatoms. The summed E-state index contributed by atoms with van der Waals surface area (Å²) in [5, 5.41) is 0.508. The molecule has 0 N–H and O–H groups in total. The first-order valence-corrected chi connectivity index (χ1v) is 7.05. The Labute approximate surface area is 121 Å². The second kappa shape index (κ2) is 4.72. The minimum Gasteiger partial charge on any atom is -0.492 e. The van der Waals surface area contributed by atoms with Gasteiger partial charge in [0.1, 0.15) is 23.3 Å². The van der Waals surface area contributed by atoms with E-state index < -0.39 is 0 Å². The van der Waals surface area contributed by atoms with Crippen molar-refractivity contribution >= 4 is 11.6 Å². The van der Waals surface area contributed by atoms with E-state index in [0.29, 0.717) is 25.0 Å². The van der Waals surface area contributed by atoms with Gasteiger partial charge in [-0.2, -0.15) is 0 Å². The highest BCUT2D eigenvalue weighted by molar-refractivity contribution is 6.30. The summed E-state index contributed by atoms with van der Waals surface area (Å²) < 4.78 is 11.1. The van der Waals surface area contributed by atoms with Crippen LogP contribution < -0.4 is 4.74 Å². The molecule has 102 valence electrons. The largest absolute Gasteiger partial charge is 0.492 e. The van der Waals surface area contributed by atoms with Crippen molar-refractivity contribution in [2.75, 3.05) is 13.2 Å². The van der Waals surface area contributed by atoms with Crippen molar-refractivity contribution in [2.24, 2.45) is 0 Å². The zero-order chi connectivity index (χ0) is 13.5. The number of nitrogens with zero attached hydrogens (tertiary/aromatic N) is 2. The highest BCUT2D eigenvalue weighted by Gasteiger charge is 2.29. The van der Waals surface area contributed by atoms with Crippen LogP contribution in [0.4, 0.5) is 0 Å². The van der Waals surface area contributed by atoms with E-state index in [1.807, 2.05) is 18.2 Å². The lowest BCUT2D eigenvalue weighted by Crippen LogP contribution is -2.17. The molecule has 4 rings (SSSR count). The molecule has 0 saturated carbocycles. The van der Waals surface area contributed by atoms with Crippen molar-refractivity contribution in [3.05, 3.63) is 52.1 Å². The summed E-state index contributed by atoms with van der Waals surface area (Å²) in [7, 11) is 0. The highest BCUT2D eigenvalue weighted by atomic mass is 35.5. The van der Waals surface area contributed by atoms with Crippen LogP contribution in [-0.2, 0) is 17.8 Å². The van der Waals surface area contributed by atoms with E-state index in [4.69, 9.17) is 26.1 Å². The van der Waals surface area contributed by atoms with Crippen LogP contribution in [0, 0.1) is 0 Å². The molecule has 0 radical (unpaired) electrons. The fourth-order valence-electron chi connectivity index (χ4n) is 2.74. The predicted octanol–water partition coefficient (Wildman–Crippen LogP) is 2.73. The molecule has 2 aliphatic rings. The molecule has 2 aromatic rings. The summed E-state index contributed by atoms with van der Waals surface area (Å²) >= 11 is 6.28. The van der Waals surface area contributed by atoms with Gasteiger partial charge in [0.15, 0.2) is 0 Å². The van der Waals surface area contributed by atoms with Crippen molar-refractivity contribution in [3.63, 3.8) is 0 Å². The molecule has 0 aliphatic carbocycles. The maximum atomic E-state index is 6.28. The molecule has 4 nitrogen and oxygen atoms in total. The van der Waals surface area contributed by atoms with Crippen molar-refractivity contribution in [1.29, 1.82) is 0 Å². The Morgan fingerprint density at radius 3 is 3.05 bits per heavy atom. The van der Waals surface area contributed by atoms with Gasteiger partial charge in [-0.25, -0.2) is 9.97 Å². The Balaban J connectivity index is 1.79. The molecular formula is C15H13ClN2O2. The summed E-state index contributed by atoms with van der Waals surface area (Å²) in [6.07, 6.45) is 0.791. The fraction of sp³-hybridized carbons (Fsp3) is 0.333. The maximum Gasteiger partial charge on any atom is 0.141 e. The predicted molar refractivity (Wildman–Crippen MR) is 74.2 cm³/mol. The molecule has 2 aliphatic heterocycles. The zero-order valence-corrected chi connectivity index (χ0v) is 11.6. The van der Waals surface area contributed by atoms with E-state index in [1.165, 1.54) is 0 Å². The molecular weight excluding hydrogens is 276 g/mol. The zero-order valence-electron chi connectivity index (χ0n) is 10.8. The molecule has 20 heavy (non-hydrogen) atoms. The smallest absolute Gasteiger partial charge is 0.141 e. The molecule has 1 aromatic heterocycles. The number of rotatable bonds is 1. The van der Waals surface area contributed by atoms with E-state index >= 15 is 0 Å². The maximum absolute atomic E-state index is 6.28. The van der Waals surface area contributed by atoms with Gasteiger partial charge in [-0.15, -0.1) is 0 Å². The Kier molecular flexibility index (Phi) is 2.86. The number of para-hydroxylation sites is 1. The van der Waals surface area contributed by atoms with E-state index in [1.54, 1.807) is 0 Å². The Morgan fingerprint density at radius 1 is 1.20 bits per heavy atom. The van der Waals surface area contributed by atoms with Crippen LogP contribution in [0.1, 0.15) is 28.6 Å². The topological polar surface area (TPSA) is 44.2 Å². The van der Waals surface area contributed by atoms with Gasteiger partial charge >= 0.3 is 0 Å². The molecule has 3 heterocycles. The Hall–Kier alpha value is -1.65. The molecule has 0 bridgehead atoms. The highest BCUT2D eigenvalue weighted by Crippen LogP contribution is 2.37. The van der Waals surface area contributed by atoms with Crippen LogP contribution in [0.15, 0.2) is 24.3 Å². The van der Waals surface area contributed by atoms with Gasteiger partial charge in [-0.1, -0.05) is 29.8 Å². The van der Waals surface area contributed by atoms with Crippen molar-refractivity contribution in [3.8, 4) is 5.75 Å². The first-order valence-electron chi connectivity index (χ1n) is 6.67. The number of hydrogen-bond donors (Lipinski definition) is 0. The van der Waals surface area contributed by atoms with E-state index in [9.17, 15) is 0 Å². The van der Waals surface area contributed by atoms with Crippen LogP contribution in [0.25, 0.3) is 0 Å². The van der Waals surface area contributed by atoms with Crippen LogP contribution in [-0.4, -0.2) is 23.2 Å². The number of fused-ring (bicyclic) bond motifs is 2. The minimum absolute atomic E-state index is 0.0665. The summed E-state index contributed by atoms with van der Waals surface area (Å²) in [5.74, 6) is 1.73. The molecule has 1 atom stereocenters. The van der Waals surface area contributed by atoms with Gasteiger partial charge in [0.05, 0.1) is 24.8 Å². The number of ether oxygens (including phenoxy) is 2. The third-order valence-electron chi connectivity index (χ3n) is 3.80. The van der Waals surface area contributed by atoms with Gasteiger partial charge in [-0.05, 0) is 6.07 Å². The Morgan fingerprint density at radius 2 is 2.10 bits per heavy atom. The van der Waals surface area contributed by atoms with Crippen molar-refractivity contribution in [2.45, 2.75) is 18.9 Å². The third-order valence-corrected chi connectivity index (χ3v) is 4.11. The normalized spacial score (nSPS) is 20.1. The molecule has 1 aromatic carbocycles. The minimum atomic E-state index is 0.0665. The average Bonchev–Trinajstić information content (AvgIpc) is 2.91. The molecule has 1 unspecified atom stereocenters. The lowest BCUT2D eigenvalue weighted by atomic mass is 10.00. The summed E-state index contributed by atoms with van der Waals surface area (Å²) in [6, 6.07) is 8.02. The van der Waals surface area contributed by atoms with Crippen molar-refractivity contribution < 1.29 is 9.47 Å². The first-order chi connectivity index (χ1) is 9.83. The monoisotopic (exact) mass is 288 g/mol. The second-order valence-electron chi connectivity index (χ2n) is 5.00. The summed E-state index contributed by atoms with van der Waals surface area (Å²) in [6.45, 7) is 1.77. The quantitative estimate of drug-likeness (QED) is 0.757. The molecule has 0 fully saturated rings.